The number of para-hydroxylation sites is 1. The van der Waals surface area contributed by atoms with Crippen LogP contribution in [0.5, 0.6) is 0 Å². The van der Waals surface area contributed by atoms with Gasteiger partial charge in [-0.3, -0.25) is 23.5 Å². The molecule has 1 aliphatic rings. The van der Waals surface area contributed by atoms with Crippen LogP contribution < -0.4 is 10.9 Å². The molecule has 3 aromatic carbocycles. The Labute approximate surface area is 231 Å². The first kappa shape index (κ1) is 25.9. The summed E-state index contributed by atoms with van der Waals surface area (Å²) in [6, 6.07) is 24.0. The van der Waals surface area contributed by atoms with Crippen LogP contribution in [-0.4, -0.2) is 49.1 Å². The Morgan fingerprint density at radius 1 is 0.875 bits per heavy atom. The number of benzene rings is 3. The molecule has 0 aliphatic carbocycles. The van der Waals surface area contributed by atoms with Crippen LogP contribution in [0.25, 0.3) is 16.7 Å². The highest BCUT2D eigenvalue weighted by atomic mass is 19.1. The number of rotatable bonds is 8. The number of hydrogen-bond donors (Lipinski definition) is 1. The molecule has 5 aromatic rings. The molecule has 1 aliphatic heterocycles. The minimum atomic E-state index is -0.333. The van der Waals surface area contributed by atoms with E-state index in [1.54, 1.807) is 22.8 Å². The molecular formula is C31H31FN6O2. The van der Waals surface area contributed by atoms with Crippen molar-refractivity contribution in [3.8, 4) is 0 Å². The van der Waals surface area contributed by atoms with Crippen LogP contribution in [0.1, 0.15) is 36.2 Å². The second kappa shape index (κ2) is 11.4. The van der Waals surface area contributed by atoms with Gasteiger partial charge < -0.3 is 5.32 Å². The predicted octanol–water partition coefficient (Wildman–Crippen LogP) is 3.95. The van der Waals surface area contributed by atoms with Gasteiger partial charge in [-0.25, -0.2) is 4.39 Å². The van der Waals surface area contributed by atoms with E-state index in [2.05, 4.69) is 44.7 Å². The minimum Gasteiger partial charge on any atom is -0.353 e. The number of likely N-dealkylation sites (tertiary alicyclic amines) is 1. The Bertz CT molecular complexity index is 1690. The van der Waals surface area contributed by atoms with Crippen molar-refractivity contribution in [1.29, 1.82) is 0 Å². The van der Waals surface area contributed by atoms with E-state index >= 15 is 0 Å². The zero-order valence-electron chi connectivity index (χ0n) is 22.2. The third-order valence-corrected chi connectivity index (χ3v) is 7.61. The first-order valence-corrected chi connectivity index (χ1v) is 13.7. The average Bonchev–Trinajstić information content (AvgIpc) is 3.41. The van der Waals surface area contributed by atoms with Gasteiger partial charge in [0.1, 0.15) is 11.6 Å². The van der Waals surface area contributed by atoms with E-state index in [0.717, 1.165) is 38.0 Å². The van der Waals surface area contributed by atoms with Gasteiger partial charge in [0.15, 0.2) is 0 Å². The Balaban J connectivity index is 1.15. The van der Waals surface area contributed by atoms with E-state index in [9.17, 15) is 14.0 Å². The van der Waals surface area contributed by atoms with Gasteiger partial charge in [0.2, 0.25) is 11.7 Å². The van der Waals surface area contributed by atoms with Gasteiger partial charge in [0, 0.05) is 38.5 Å². The van der Waals surface area contributed by atoms with Crippen LogP contribution in [0.15, 0.2) is 83.7 Å². The minimum absolute atomic E-state index is 0.0119. The number of nitrogens with zero attached hydrogens (tertiary/aromatic N) is 5. The zero-order chi connectivity index (χ0) is 27.5. The summed E-state index contributed by atoms with van der Waals surface area (Å²) in [5.74, 6) is 0.670. The number of aryl methyl sites for hydroxylation is 1. The van der Waals surface area contributed by atoms with Crippen LogP contribution in [0.2, 0.25) is 0 Å². The molecule has 0 saturated carbocycles. The number of carbonyl (C=O) groups is 1. The van der Waals surface area contributed by atoms with Crippen LogP contribution in [0.3, 0.4) is 0 Å². The second-order valence-corrected chi connectivity index (χ2v) is 10.4. The van der Waals surface area contributed by atoms with Gasteiger partial charge >= 0.3 is 0 Å². The van der Waals surface area contributed by atoms with Crippen molar-refractivity contribution in [3.05, 3.63) is 112 Å². The fourth-order valence-electron chi connectivity index (χ4n) is 5.49. The number of amides is 1. The van der Waals surface area contributed by atoms with Crippen molar-refractivity contribution in [2.75, 3.05) is 13.1 Å². The number of nitrogens with one attached hydrogen (secondary N) is 1. The maximum absolute atomic E-state index is 13.4. The highest BCUT2D eigenvalue weighted by molar-refractivity contribution is 5.80. The summed E-state index contributed by atoms with van der Waals surface area (Å²) in [5, 5.41) is 12.5. The maximum Gasteiger partial charge on any atom is 0.263 e. The van der Waals surface area contributed by atoms with Crippen LogP contribution in [0.4, 0.5) is 4.39 Å². The molecule has 0 atom stereocenters. The van der Waals surface area contributed by atoms with Gasteiger partial charge in [0.25, 0.3) is 5.56 Å². The number of halogens is 1. The van der Waals surface area contributed by atoms with E-state index in [-0.39, 0.29) is 36.3 Å². The van der Waals surface area contributed by atoms with Gasteiger partial charge in [0.05, 0.1) is 17.4 Å². The van der Waals surface area contributed by atoms with E-state index in [4.69, 9.17) is 0 Å². The molecule has 3 heterocycles. The fourth-order valence-corrected chi connectivity index (χ4v) is 5.49. The normalized spacial score (nSPS) is 14.6. The van der Waals surface area contributed by atoms with Crippen molar-refractivity contribution in [2.24, 2.45) is 0 Å². The lowest BCUT2D eigenvalue weighted by Crippen LogP contribution is -2.44. The monoisotopic (exact) mass is 538 g/mol. The molecule has 0 unspecified atom stereocenters. The molecule has 0 radical (unpaired) electrons. The topological polar surface area (TPSA) is 84.5 Å². The SMILES string of the molecule is O=C(CCc1nnc2n(Cc3ccc(F)cc3)c(=O)c3ccccc3n12)NC1CCN(Cc2ccccc2)CC1. The van der Waals surface area contributed by atoms with Crippen LogP contribution in [-0.2, 0) is 24.3 Å². The fraction of sp³-hybridized carbons (Fsp3) is 0.290. The maximum atomic E-state index is 13.4. The third kappa shape index (κ3) is 5.51. The molecule has 2 aromatic heterocycles. The number of piperidine rings is 1. The molecule has 1 amide bonds. The van der Waals surface area contributed by atoms with Crippen LogP contribution >= 0.6 is 0 Å². The highest BCUT2D eigenvalue weighted by Gasteiger charge is 2.22. The lowest BCUT2D eigenvalue weighted by molar-refractivity contribution is -0.122. The molecule has 40 heavy (non-hydrogen) atoms. The summed E-state index contributed by atoms with van der Waals surface area (Å²) in [4.78, 5) is 28.7. The molecule has 204 valence electrons. The smallest absolute Gasteiger partial charge is 0.263 e. The summed E-state index contributed by atoms with van der Waals surface area (Å²) >= 11 is 0. The lowest BCUT2D eigenvalue weighted by atomic mass is 10.0. The van der Waals surface area contributed by atoms with Gasteiger partial charge in [-0.2, -0.15) is 0 Å². The predicted molar refractivity (Wildman–Crippen MR) is 151 cm³/mol. The Hall–Kier alpha value is -4.37. The van der Waals surface area contributed by atoms with Gasteiger partial charge in [-0.05, 0) is 48.2 Å². The van der Waals surface area contributed by atoms with Gasteiger partial charge in [-0.1, -0.05) is 54.6 Å². The molecule has 1 fully saturated rings. The standard InChI is InChI=1S/C31H31FN6O2/c32-24-12-10-23(11-13-24)21-37-30(40)26-8-4-5-9-27(26)38-28(34-35-31(37)38)14-15-29(39)33-25-16-18-36(19-17-25)20-22-6-2-1-3-7-22/h1-13,25H,14-21H2,(H,33,39). The zero-order valence-corrected chi connectivity index (χ0v) is 22.2. The highest BCUT2D eigenvalue weighted by Crippen LogP contribution is 2.18. The molecule has 6 rings (SSSR count). The van der Waals surface area contributed by atoms with E-state index < -0.39 is 0 Å². The molecule has 0 bridgehead atoms. The summed E-state index contributed by atoms with van der Waals surface area (Å²) in [6.45, 7) is 3.06. The molecule has 9 heteroatoms. The Morgan fingerprint density at radius 3 is 2.35 bits per heavy atom. The molecule has 8 nitrogen and oxygen atoms in total. The molecular weight excluding hydrogens is 507 g/mol. The molecule has 0 spiro atoms. The first-order valence-electron chi connectivity index (χ1n) is 13.7. The second-order valence-electron chi connectivity index (χ2n) is 10.4. The summed E-state index contributed by atoms with van der Waals surface area (Å²) in [7, 11) is 0. The quantitative estimate of drug-likeness (QED) is 0.324. The van der Waals surface area contributed by atoms with Crippen molar-refractivity contribution < 1.29 is 9.18 Å². The van der Waals surface area contributed by atoms with E-state index in [1.807, 2.05) is 28.7 Å². The van der Waals surface area contributed by atoms with Crippen molar-refractivity contribution in [2.45, 2.75) is 44.8 Å². The average molecular weight is 539 g/mol. The molecule has 1 N–H and O–H groups in total. The van der Waals surface area contributed by atoms with Crippen LogP contribution in [0, 0.1) is 5.82 Å². The van der Waals surface area contributed by atoms with Crippen molar-refractivity contribution >= 4 is 22.6 Å². The van der Waals surface area contributed by atoms with Crippen molar-refractivity contribution in [1.82, 2.24) is 29.4 Å². The summed E-state index contributed by atoms with van der Waals surface area (Å²) < 4.78 is 16.8. The van der Waals surface area contributed by atoms with Crippen molar-refractivity contribution in [3.63, 3.8) is 0 Å². The Kier molecular flexibility index (Phi) is 7.37. The third-order valence-electron chi connectivity index (χ3n) is 7.61. The number of aromatic nitrogens is 4. The van der Waals surface area contributed by atoms with E-state index in [1.165, 1.54) is 17.7 Å². The summed E-state index contributed by atoms with van der Waals surface area (Å²) in [5.41, 5.74) is 2.59. The number of carbonyl (C=O) groups excluding carboxylic acids is 1. The number of hydrogen-bond acceptors (Lipinski definition) is 5. The Morgan fingerprint density at radius 2 is 1.57 bits per heavy atom. The summed E-state index contributed by atoms with van der Waals surface area (Å²) in [6.07, 6.45) is 2.51. The lowest BCUT2D eigenvalue weighted by Gasteiger charge is -2.32. The molecule has 1 saturated heterocycles. The number of fused-ring (bicyclic) bond motifs is 3. The first-order chi connectivity index (χ1) is 19.5. The van der Waals surface area contributed by atoms with E-state index in [0.29, 0.717) is 28.9 Å². The largest absolute Gasteiger partial charge is 0.353 e. The van der Waals surface area contributed by atoms with Gasteiger partial charge in [-0.15, -0.1) is 10.2 Å².